The largest absolute Gasteiger partial charge is 0.423 e. The van der Waals surface area contributed by atoms with Gasteiger partial charge < -0.3 is 20.0 Å². The van der Waals surface area contributed by atoms with E-state index >= 15 is 0 Å². The maximum Gasteiger partial charge on any atom is 0.423 e. The highest BCUT2D eigenvalue weighted by Gasteiger charge is 2.41. The van der Waals surface area contributed by atoms with E-state index in [1.165, 1.54) is 6.20 Å². The minimum absolute atomic E-state index is 0.0609. The molecule has 13 heteroatoms. The Balaban J connectivity index is 1.18. The number of hydrogen-bond acceptors (Lipinski definition) is 8. The van der Waals surface area contributed by atoms with Crippen molar-refractivity contribution in [2.45, 2.75) is 25.2 Å². The molecular weight excluding hydrogens is 525 g/mol. The van der Waals surface area contributed by atoms with E-state index in [1.54, 1.807) is 21.9 Å². The molecule has 1 amide bonds. The summed E-state index contributed by atoms with van der Waals surface area (Å²) in [5.41, 5.74) is -0.550. The molecule has 1 aromatic carbocycles. The smallest absolute Gasteiger partial charge is 0.358 e. The minimum Gasteiger partial charge on any atom is -0.358 e. The highest BCUT2D eigenvalue weighted by molar-refractivity contribution is 5.78. The van der Waals surface area contributed by atoms with Gasteiger partial charge >= 0.3 is 6.18 Å². The number of piperazine rings is 1. The second-order valence-electron chi connectivity index (χ2n) is 9.65. The van der Waals surface area contributed by atoms with Crippen molar-refractivity contribution in [3.63, 3.8) is 0 Å². The Kier molecular flexibility index (Phi) is 7.70. The van der Waals surface area contributed by atoms with E-state index in [2.05, 4.69) is 20.3 Å². The number of amides is 1. The molecule has 40 heavy (non-hydrogen) atoms. The van der Waals surface area contributed by atoms with Gasteiger partial charge in [-0.1, -0.05) is 24.3 Å². The molecule has 10 nitrogen and oxygen atoms in total. The lowest BCUT2D eigenvalue weighted by molar-refractivity contribution is -0.138. The third kappa shape index (κ3) is 5.62. The molecule has 1 atom stereocenters. The highest BCUT2D eigenvalue weighted by Crippen LogP contribution is 2.43. The average molecular weight is 553 g/mol. The molecule has 3 aromatic rings. The summed E-state index contributed by atoms with van der Waals surface area (Å²) < 4.78 is 41.4. The van der Waals surface area contributed by atoms with Crippen LogP contribution in [-0.4, -0.2) is 65.3 Å². The van der Waals surface area contributed by atoms with Gasteiger partial charge in [0.15, 0.2) is 0 Å². The monoisotopic (exact) mass is 552 g/mol. The molecule has 1 fully saturated rings. The average Bonchev–Trinajstić information content (AvgIpc) is 3.33. The van der Waals surface area contributed by atoms with Gasteiger partial charge in [0.05, 0.1) is 30.0 Å². The van der Waals surface area contributed by atoms with Gasteiger partial charge in [0.25, 0.3) is 5.56 Å². The quantitative estimate of drug-likeness (QED) is 0.429. The molecule has 5 rings (SSSR count). The topological polar surface area (TPSA) is 121 Å². The fraction of sp³-hybridized carbons (Fsp3) is 0.370. The zero-order valence-electron chi connectivity index (χ0n) is 21.5. The number of aromatic nitrogens is 3. The number of halogens is 3. The number of carbonyl (C=O) groups is 1. The van der Waals surface area contributed by atoms with Crippen molar-refractivity contribution < 1.29 is 18.0 Å². The second kappa shape index (κ2) is 11.4. The van der Waals surface area contributed by atoms with Crippen molar-refractivity contribution in [3.8, 4) is 6.07 Å². The molecule has 0 bridgehead atoms. The van der Waals surface area contributed by atoms with Gasteiger partial charge in [-0.25, -0.2) is 10.1 Å². The first-order valence-electron chi connectivity index (χ1n) is 12.8. The Morgan fingerprint density at radius 2 is 1.90 bits per heavy atom. The molecule has 2 aromatic heterocycles. The number of alkyl halides is 3. The van der Waals surface area contributed by atoms with Crippen LogP contribution < -0.4 is 20.7 Å². The molecule has 0 radical (unpaired) electrons. The highest BCUT2D eigenvalue weighted by atomic mass is 19.4. The van der Waals surface area contributed by atoms with E-state index in [9.17, 15) is 22.8 Å². The Labute approximate surface area is 228 Å². The second-order valence-corrected chi connectivity index (χ2v) is 9.65. The number of rotatable bonds is 7. The zero-order chi connectivity index (χ0) is 28.3. The third-order valence-corrected chi connectivity index (χ3v) is 7.26. The first-order chi connectivity index (χ1) is 19.3. The summed E-state index contributed by atoms with van der Waals surface area (Å²) in [7, 11) is 0. The molecular formula is C27H27F3N8O2. The van der Waals surface area contributed by atoms with Crippen LogP contribution in [0.5, 0.6) is 0 Å². The lowest BCUT2D eigenvalue weighted by Crippen LogP contribution is -2.51. The molecule has 0 aliphatic carbocycles. The number of anilines is 2. The van der Waals surface area contributed by atoms with E-state index in [0.29, 0.717) is 44.7 Å². The number of H-pyrrole nitrogens is 1. The van der Waals surface area contributed by atoms with Crippen molar-refractivity contribution in [2.24, 2.45) is 0 Å². The summed E-state index contributed by atoms with van der Waals surface area (Å²) in [5, 5.41) is 17.6. The number of benzene rings is 1. The Hall–Kier alpha value is -4.44. The molecule has 0 unspecified atom stereocenters. The summed E-state index contributed by atoms with van der Waals surface area (Å²) in [6.07, 6.45) is -1.84. The number of pyridine rings is 1. The maximum absolute atomic E-state index is 13.8. The van der Waals surface area contributed by atoms with Crippen molar-refractivity contribution in [1.29, 1.82) is 5.26 Å². The van der Waals surface area contributed by atoms with Crippen LogP contribution in [0.25, 0.3) is 0 Å². The van der Waals surface area contributed by atoms with Gasteiger partial charge in [-0.15, -0.1) is 0 Å². The molecule has 2 aliphatic rings. The Bertz CT molecular complexity index is 1460. The molecule has 1 saturated heterocycles. The number of aromatic amines is 1. The number of nitrogens with one attached hydrogen (secondary N) is 2. The van der Waals surface area contributed by atoms with E-state index in [1.807, 2.05) is 35.4 Å². The minimum atomic E-state index is -4.84. The van der Waals surface area contributed by atoms with Crippen LogP contribution in [-0.2, 0) is 17.5 Å². The lowest BCUT2D eigenvalue weighted by atomic mass is 10.0. The zero-order valence-corrected chi connectivity index (χ0v) is 21.5. The number of hydrogen-bond donors (Lipinski definition) is 2. The number of nitrogens with zero attached hydrogens (tertiary/aromatic N) is 6. The van der Waals surface area contributed by atoms with Crippen molar-refractivity contribution in [2.75, 3.05) is 49.1 Å². The van der Waals surface area contributed by atoms with E-state index in [-0.39, 0.29) is 24.7 Å². The molecule has 2 aliphatic heterocycles. The molecule has 0 saturated carbocycles. The SMILES string of the molecule is N#Cc1ccc(N2CCN(C(=O)CNCC[C@H]3c4ccccc4CN3c3cn[nH]c(=O)c3C(F)(F)F)CC2)nc1. The fourth-order valence-corrected chi connectivity index (χ4v) is 5.28. The summed E-state index contributed by atoms with van der Waals surface area (Å²) in [4.78, 5) is 34.6. The van der Waals surface area contributed by atoms with Crippen LogP contribution in [0.2, 0.25) is 0 Å². The summed E-state index contributed by atoms with van der Waals surface area (Å²) in [6, 6.07) is 12.5. The van der Waals surface area contributed by atoms with Gasteiger partial charge in [0.2, 0.25) is 5.91 Å². The van der Waals surface area contributed by atoms with E-state index < -0.39 is 23.3 Å². The number of carbonyl (C=O) groups excluding carboxylic acids is 1. The van der Waals surface area contributed by atoms with Gasteiger partial charge in [-0.2, -0.15) is 23.5 Å². The molecule has 4 heterocycles. The van der Waals surface area contributed by atoms with Crippen molar-refractivity contribution >= 4 is 17.4 Å². The van der Waals surface area contributed by atoms with Crippen LogP contribution in [0.15, 0.2) is 53.6 Å². The van der Waals surface area contributed by atoms with Gasteiger partial charge in [-0.05, 0) is 36.2 Å². The van der Waals surface area contributed by atoms with E-state index in [0.717, 1.165) is 23.1 Å². The first-order valence-corrected chi connectivity index (χ1v) is 12.8. The van der Waals surface area contributed by atoms with Crippen LogP contribution in [0.1, 0.15) is 34.7 Å². The molecule has 2 N–H and O–H groups in total. The van der Waals surface area contributed by atoms with Crippen LogP contribution in [0, 0.1) is 11.3 Å². The standard InChI is InChI=1S/C27H27F3N8O2/c28-27(29,30)25-22(15-34-35-26(25)40)38-17-19-3-1-2-4-20(19)21(38)7-8-32-16-24(39)37-11-9-36(10-12-37)23-6-5-18(13-31)14-33-23/h1-6,14-15,21,32H,7-12,16-17H2,(H,35,40)/t21-/m0/s1. The lowest BCUT2D eigenvalue weighted by Gasteiger charge is -2.35. The molecule has 208 valence electrons. The normalized spacial score (nSPS) is 17.1. The molecule has 0 spiro atoms. The van der Waals surface area contributed by atoms with Gasteiger partial charge in [-0.3, -0.25) is 9.59 Å². The van der Waals surface area contributed by atoms with Crippen LogP contribution in [0.4, 0.5) is 24.7 Å². The Morgan fingerprint density at radius 3 is 2.60 bits per heavy atom. The van der Waals surface area contributed by atoms with Crippen LogP contribution in [0.3, 0.4) is 0 Å². The number of nitriles is 1. The van der Waals surface area contributed by atoms with Crippen molar-refractivity contribution in [1.82, 2.24) is 25.4 Å². The predicted octanol–water partition coefficient (Wildman–Crippen LogP) is 2.45. The first kappa shape index (κ1) is 27.1. The Morgan fingerprint density at radius 1 is 1.12 bits per heavy atom. The van der Waals surface area contributed by atoms with Gasteiger partial charge in [0.1, 0.15) is 17.5 Å². The maximum atomic E-state index is 13.8. The van der Waals surface area contributed by atoms with E-state index in [4.69, 9.17) is 5.26 Å². The van der Waals surface area contributed by atoms with Gasteiger partial charge in [0, 0.05) is 38.9 Å². The fourth-order valence-electron chi connectivity index (χ4n) is 5.28. The summed E-state index contributed by atoms with van der Waals surface area (Å²) in [5.74, 6) is 0.698. The van der Waals surface area contributed by atoms with Crippen LogP contribution >= 0.6 is 0 Å². The third-order valence-electron chi connectivity index (χ3n) is 7.26. The predicted molar refractivity (Wildman–Crippen MR) is 140 cm³/mol. The summed E-state index contributed by atoms with van der Waals surface area (Å²) in [6.45, 7) is 2.99. The number of fused-ring (bicyclic) bond motifs is 1. The summed E-state index contributed by atoms with van der Waals surface area (Å²) >= 11 is 0. The van der Waals surface area contributed by atoms with Crippen molar-refractivity contribution in [3.05, 3.63) is 81.4 Å².